The third kappa shape index (κ3) is 2.50. The van der Waals surface area contributed by atoms with E-state index in [0.29, 0.717) is 21.0 Å². The Labute approximate surface area is 127 Å². The Morgan fingerprint density at radius 3 is 3.00 bits per heavy atom. The standard InChI is InChI=1S/C13H9BrN4OS/c14-11-9(2-1-5-16-11)17-12(19)7-3-4-8-10(6-7)20-13(15)18-8/h1-6H,(H2,15,18)(H,17,19). The van der Waals surface area contributed by atoms with Gasteiger partial charge in [0.25, 0.3) is 5.91 Å². The number of halogens is 1. The molecule has 7 heteroatoms. The summed E-state index contributed by atoms with van der Waals surface area (Å²) in [6.45, 7) is 0. The van der Waals surface area contributed by atoms with Crippen LogP contribution in [0, 0.1) is 0 Å². The number of nitrogens with zero attached hydrogens (tertiary/aromatic N) is 2. The predicted octanol–water partition coefficient (Wildman–Crippen LogP) is 3.29. The lowest BCUT2D eigenvalue weighted by molar-refractivity contribution is 0.102. The molecule has 0 aliphatic carbocycles. The van der Waals surface area contributed by atoms with Crippen LogP contribution in [0.1, 0.15) is 10.4 Å². The molecule has 0 aliphatic heterocycles. The number of nitrogen functional groups attached to an aromatic ring is 1. The van der Waals surface area contributed by atoms with Gasteiger partial charge in [-0.1, -0.05) is 11.3 Å². The van der Waals surface area contributed by atoms with Crippen LogP contribution in [0.4, 0.5) is 10.8 Å². The minimum atomic E-state index is -0.201. The van der Waals surface area contributed by atoms with E-state index >= 15 is 0 Å². The molecule has 0 unspecified atom stereocenters. The van der Waals surface area contributed by atoms with Crippen molar-refractivity contribution in [3.05, 3.63) is 46.7 Å². The van der Waals surface area contributed by atoms with Crippen molar-refractivity contribution in [3.8, 4) is 0 Å². The smallest absolute Gasteiger partial charge is 0.255 e. The van der Waals surface area contributed by atoms with Crippen LogP contribution in [0.3, 0.4) is 0 Å². The third-order valence-electron chi connectivity index (χ3n) is 2.67. The largest absolute Gasteiger partial charge is 0.375 e. The van der Waals surface area contributed by atoms with Crippen LogP contribution in [0.5, 0.6) is 0 Å². The Bertz CT molecular complexity index is 802. The zero-order chi connectivity index (χ0) is 14.1. The molecule has 0 bridgehead atoms. The molecule has 5 nitrogen and oxygen atoms in total. The van der Waals surface area contributed by atoms with Crippen LogP contribution >= 0.6 is 27.3 Å². The van der Waals surface area contributed by atoms with Crippen molar-refractivity contribution in [3.63, 3.8) is 0 Å². The topological polar surface area (TPSA) is 80.9 Å². The molecule has 1 aromatic carbocycles. The van der Waals surface area contributed by atoms with Crippen molar-refractivity contribution in [1.29, 1.82) is 0 Å². The highest BCUT2D eigenvalue weighted by atomic mass is 79.9. The number of thiazole rings is 1. The quantitative estimate of drug-likeness (QED) is 0.696. The lowest BCUT2D eigenvalue weighted by atomic mass is 10.2. The molecule has 20 heavy (non-hydrogen) atoms. The van der Waals surface area contributed by atoms with E-state index in [1.54, 1.807) is 36.5 Å². The van der Waals surface area contributed by atoms with Crippen LogP contribution in [-0.2, 0) is 0 Å². The molecule has 0 spiro atoms. The van der Waals surface area contributed by atoms with Gasteiger partial charge in [-0.05, 0) is 46.3 Å². The van der Waals surface area contributed by atoms with Gasteiger partial charge in [0.2, 0.25) is 0 Å². The number of carbonyl (C=O) groups is 1. The predicted molar refractivity (Wildman–Crippen MR) is 83.9 cm³/mol. The number of rotatable bonds is 2. The van der Waals surface area contributed by atoms with Gasteiger partial charge in [-0.15, -0.1) is 0 Å². The minimum Gasteiger partial charge on any atom is -0.375 e. The van der Waals surface area contributed by atoms with Gasteiger partial charge in [0.05, 0.1) is 15.9 Å². The maximum atomic E-state index is 12.2. The van der Waals surface area contributed by atoms with E-state index in [9.17, 15) is 4.79 Å². The van der Waals surface area contributed by atoms with E-state index in [1.165, 1.54) is 11.3 Å². The first kappa shape index (κ1) is 13.0. The molecule has 2 aromatic heterocycles. The number of nitrogens with one attached hydrogen (secondary N) is 1. The monoisotopic (exact) mass is 348 g/mol. The summed E-state index contributed by atoms with van der Waals surface area (Å²) in [7, 11) is 0. The van der Waals surface area contributed by atoms with Crippen LogP contribution in [0.15, 0.2) is 41.1 Å². The average molecular weight is 349 g/mol. The molecule has 0 atom stereocenters. The first-order valence-electron chi connectivity index (χ1n) is 5.71. The summed E-state index contributed by atoms with van der Waals surface area (Å²) >= 11 is 4.65. The van der Waals surface area contributed by atoms with Gasteiger partial charge in [0.15, 0.2) is 5.13 Å². The third-order valence-corrected chi connectivity index (χ3v) is 4.15. The number of hydrogen-bond acceptors (Lipinski definition) is 5. The molecule has 0 fully saturated rings. The number of pyridine rings is 1. The molecule has 0 saturated heterocycles. The Kier molecular flexibility index (Phi) is 3.37. The molecule has 2 heterocycles. The molecule has 1 amide bonds. The number of nitrogens with two attached hydrogens (primary N) is 1. The van der Waals surface area contributed by atoms with Gasteiger partial charge in [-0.25, -0.2) is 9.97 Å². The highest BCUT2D eigenvalue weighted by Crippen LogP contribution is 2.25. The van der Waals surface area contributed by atoms with Crippen molar-refractivity contribution in [2.45, 2.75) is 0 Å². The number of fused-ring (bicyclic) bond motifs is 1. The summed E-state index contributed by atoms with van der Waals surface area (Å²) in [5.41, 5.74) is 7.63. The van der Waals surface area contributed by atoms with Crippen LogP contribution in [-0.4, -0.2) is 15.9 Å². The number of hydrogen-bond donors (Lipinski definition) is 2. The SMILES string of the molecule is Nc1nc2ccc(C(=O)Nc3cccnc3Br)cc2s1. The lowest BCUT2D eigenvalue weighted by Crippen LogP contribution is -2.12. The van der Waals surface area contributed by atoms with E-state index in [4.69, 9.17) is 5.73 Å². The first-order valence-corrected chi connectivity index (χ1v) is 7.32. The van der Waals surface area contributed by atoms with E-state index in [1.807, 2.05) is 0 Å². The molecular formula is C13H9BrN4OS. The van der Waals surface area contributed by atoms with Gasteiger partial charge < -0.3 is 11.1 Å². The van der Waals surface area contributed by atoms with Crippen molar-refractivity contribution >= 4 is 54.2 Å². The number of amides is 1. The summed E-state index contributed by atoms with van der Waals surface area (Å²) in [6, 6.07) is 8.82. The van der Waals surface area contributed by atoms with Crippen molar-refractivity contribution in [2.24, 2.45) is 0 Å². The molecule has 3 rings (SSSR count). The summed E-state index contributed by atoms with van der Waals surface area (Å²) < 4.78 is 1.48. The maximum Gasteiger partial charge on any atom is 0.255 e. The summed E-state index contributed by atoms with van der Waals surface area (Å²) in [5.74, 6) is -0.201. The fourth-order valence-electron chi connectivity index (χ4n) is 1.76. The Hall–Kier alpha value is -1.99. The van der Waals surface area contributed by atoms with E-state index < -0.39 is 0 Å². The van der Waals surface area contributed by atoms with Crippen LogP contribution < -0.4 is 11.1 Å². The molecule has 0 aliphatic rings. The number of benzene rings is 1. The number of carbonyl (C=O) groups excluding carboxylic acids is 1. The van der Waals surface area contributed by atoms with Crippen LogP contribution in [0.25, 0.3) is 10.2 Å². The second-order valence-electron chi connectivity index (χ2n) is 4.03. The van der Waals surface area contributed by atoms with E-state index in [0.717, 1.165) is 10.2 Å². The molecule has 100 valence electrons. The molecule has 3 aromatic rings. The molecule has 0 radical (unpaired) electrons. The van der Waals surface area contributed by atoms with Crippen molar-refractivity contribution in [2.75, 3.05) is 11.1 Å². The summed E-state index contributed by atoms with van der Waals surface area (Å²) in [4.78, 5) is 20.4. The molecule has 0 saturated carbocycles. The lowest BCUT2D eigenvalue weighted by Gasteiger charge is -2.06. The summed E-state index contributed by atoms with van der Waals surface area (Å²) in [6.07, 6.45) is 1.64. The normalized spacial score (nSPS) is 10.7. The summed E-state index contributed by atoms with van der Waals surface area (Å²) in [5, 5.41) is 3.30. The maximum absolute atomic E-state index is 12.2. The average Bonchev–Trinajstić information content (AvgIpc) is 2.80. The number of aromatic nitrogens is 2. The molecule has 3 N–H and O–H groups in total. The Balaban J connectivity index is 1.90. The fraction of sp³-hybridized carbons (Fsp3) is 0. The highest BCUT2D eigenvalue weighted by molar-refractivity contribution is 9.10. The van der Waals surface area contributed by atoms with E-state index in [-0.39, 0.29) is 5.91 Å². The van der Waals surface area contributed by atoms with Gasteiger partial charge in [0.1, 0.15) is 4.60 Å². The highest BCUT2D eigenvalue weighted by Gasteiger charge is 2.10. The van der Waals surface area contributed by atoms with E-state index in [2.05, 4.69) is 31.2 Å². The Morgan fingerprint density at radius 2 is 2.20 bits per heavy atom. The van der Waals surface area contributed by atoms with Gasteiger partial charge in [0, 0.05) is 11.8 Å². The zero-order valence-corrected chi connectivity index (χ0v) is 12.5. The minimum absolute atomic E-state index is 0.201. The van der Waals surface area contributed by atoms with Crippen LogP contribution in [0.2, 0.25) is 0 Å². The van der Waals surface area contributed by atoms with Crippen molar-refractivity contribution < 1.29 is 4.79 Å². The fourth-order valence-corrected chi connectivity index (χ4v) is 2.88. The zero-order valence-electron chi connectivity index (χ0n) is 10.1. The second-order valence-corrected chi connectivity index (χ2v) is 5.84. The Morgan fingerprint density at radius 1 is 1.35 bits per heavy atom. The van der Waals surface area contributed by atoms with Gasteiger partial charge >= 0.3 is 0 Å². The first-order chi connectivity index (χ1) is 9.63. The van der Waals surface area contributed by atoms with Gasteiger partial charge in [-0.3, -0.25) is 4.79 Å². The van der Waals surface area contributed by atoms with Gasteiger partial charge in [-0.2, -0.15) is 0 Å². The second kappa shape index (κ2) is 5.18. The van der Waals surface area contributed by atoms with Crippen molar-refractivity contribution in [1.82, 2.24) is 9.97 Å². The molecular weight excluding hydrogens is 340 g/mol. The number of anilines is 2.